The Labute approximate surface area is 107 Å². The van der Waals surface area contributed by atoms with Gasteiger partial charge in [-0.25, -0.2) is 0 Å². The van der Waals surface area contributed by atoms with E-state index in [1.165, 1.54) is 0 Å². The summed E-state index contributed by atoms with van der Waals surface area (Å²) in [6.45, 7) is 1.05. The zero-order valence-electron chi connectivity index (χ0n) is 8.21. The molecule has 0 amide bonds. The molecule has 0 aromatic carbocycles. The third kappa shape index (κ3) is 2.87. The fourth-order valence-electron chi connectivity index (χ4n) is 0.668. The van der Waals surface area contributed by atoms with Crippen LogP contribution >= 0.6 is 0 Å². The number of carboxylic acids is 1. The van der Waals surface area contributed by atoms with Gasteiger partial charge in [0.1, 0.15) is 5.97 Å². The minimum atomic E-state index is -4.20. The first-order valence-electron chi connectivity index (χ1n) is 3.56. The second-order valence-electron chi connectivity index (χ2n) is 2.80. The largest absolute Gasteiger partial charge is 1.00 e. The van der Waals surface area contributed by atoms with E-state index in [2.05, 4.69) is 0 Å². The van der Waals surface area contributed by atoms with Crippen molar-refractivity contribution >= 4 is 5.97 Å². The van der Waals surface area contributed by atoms with Crippen LogP contribution in [-0.4, -0.2) is 54.0 Å². The molecule has 8 nitrogen and oxygen atoms in total. The van der Waals surface area contributed by atoms with Gasteiger partial charge in [0.25, 0.3) is 11.6 Å². The first-order valence-corrected chi connectivity index (χ1v) is 3.56. The Kier molecular flexibility index (Phi) is 5.92. The molecule has 0 aliphatic rings. The molecule has 9 heteroatoms. The fraction of sp³-hybridized carbons (Fsp3) is 0.833. The Morgan fingerprint density at radius 1 is 1.13 bits per heavy atom. The predicted molar refractivity (Wildman–Crippen MR) is 36.8 cm³/mol. The standard InChI is InChI=1S/C6H12O8.Na/c1-2-4(9,10)6(13,14)5(11,12)3(7)8;/h9-14H,2H2,1H3,(H,7,8);/q;+1/p-1. The molecule has 0 aliphatic heterocycles. The molecule has 0 atom stereocenters. The maximum absolute atomic E-state index is 10.1. The van der Waals surface area contributed by atoms with Gasteiger partial charge in [0.05, 0.1) is 0 Å². The van der Waals surface area contributed by atoms with Crippen LogP contribution in [0.1, 0.15) is 13.3 Å². The van der Waals surface area contributed by atoms with E-state index >= 15 is 0 Å². The number of hydrogen-bond acceptors (Lipinski definition) is 8. The molecule has 0 bridgehead atoms. The average molecular weight is 234 g/mol. The van der Waals surface area contributed by atoms with Gasteiger partial charge < -0.3 is 40.5 Å². The molecule has 6 N–H and O–H groups in total. The van der Waals surface area contributed by atoms with E-state index in [-0.39, 0.29) is 29.6 Å². The van der Waals surface area contributed by atoms with Crippen LogP contribution in [0.25, 0.3) is 0 Å². The van der Waals surface area contributed by atoms with Gasteiger partial charge in [-0.3, -0.25) is 0 Å². The van der Waals surface area contributed by atoms with Gasteiger partial charge in [0.15, 0.2) is 0 Å². The summed E-state index contributed by atoms with van der Waals surface area (Å²) < 4.78 is 0. The van der Waals surface area contributed by atoms with Crippen molar-refractivity contribution < 1.29 is 70.1 Å². The Hall–Kier alpha value is 0.230. The van der Waals surface area contributed by atoms with Crippen molar-refractivity contribution in [3.8, 4) is 0 Å². The summed E-state index contributed by atoms with van der Waals surface area (Å²) >= 11 is 0. The number of hydrogen-bond donors (Lipinski definition) is 6. The first kappa shape index (κ1) is 17.6. The van der Waals surface area contributed by atoms with Crippen molar-refractivity contribution in [2.24, 2.45) is 0 Å². The van der Waals surface area contributed by atoms with Crippen molar-refractivity contribution in [1.82, 2.24) is 0 Å². The molecule has 0 saturated heterocycles. The van der Waals surface area contributed by atoms with Crippen LogP contribution in [0.4, 0.5) is 0 Å². The fourth-order valence-corrected chi connectivity index (χ4v) is 0.668. The number of aliphatic hydroxyl groups is 6. The smallest absolute Gasteiger partial charge is 0.544 e. The summed E-state index contributed by atoms with van der Waals surface area (Å²) in [5.41, 5.74) is 0. The van der Waals surface area contributed by atoms with Gasteiger partial charge in [-0.2, -0.15) is 0 Å². The molecule has 0 rings (SSSR count). The number of rotatable bonds is 4. The van der Waals surface area contributed by atoms with Crippen molar-refractivity contribution in [3.63, 3.8) is 0 Å². The maximum atomic E-state index is 10.1. The van der Waals surface area contributed by atoms with E-state index in [1.54, 1.807) is 0 Å². The van der Waals surface area contributed by atoms with Crippen LogP contribution in [-0.2, 0) is 4.79 Å². The van der Waals surface area contributed by atoms with Gasteiger partial charge in [0.2, 0.25) is 5.79 Å². The van der Waals surface area contributed by atoms with Gasteiger partial charge in [0, 0.05) is 6.42 Å². The molecule has 0 aromatic heterocycles. The molecule has 0 unspecified atom stereocenters. The molecule has 0 heterocycles. The van der Waals surface area contributed by atoms with E-state index in [1.807, 2.05) is 0 Å². The number of carboxylic acid groups (broad SMARTS) is 1. The quantitative estimate of drug-likeness (QED) is 0.206. The van der Waals surface area contributed by atoms with Crippen LogP contribution in [0.3, 0.4) is 0 Å². The average Bonchev–Trinajstić information content (AvgIpc) is 2.03. The van der Waals surface area contributed by atoms with Crippen molar-refractivity contribution in [1.29, 1.82) is 0 Å². The normalized spacial score (nSPS) is 13.3. The van der Waals surface area contributed by atoms with E-state index in [0.29, 0.717) is 0 Å². The summed E-state index contributed by atoms with van der Waals surface area (Å²) in [6.07, 6.45) is -0.754. The number of aliphatic carboxylic acids is 1. The summed E-state index contributed by atoms with van der Waals surface area (Å²) in [5, 5.41) is 62.9. The second kappa shape index (κ2) is 5.04. The molecule has 0 spiro atoms. The van der Waals surface area contributed by atoms with Crippen LogP contribution in [0, 0.1) is 0 Å². The molecule has 0 fully saturated rings. The van der Waals surface area contributed by atoms with E-state index in [4.69, 9.17) is 30.6 Å². The van der Waals surface area contributed by atoms with E-state index < -0.39 is 29.8 Å². The third-order valence-electron chi connectivity index (χ3n) is 1.82. The van der Waals surface area contributed by atoms with Crippen LogP contribution in [0.2, 0.25) is 0 Å². The summed E-state index contributed by atoms with van der Waals surface area (Å²) in [6, 6.07) is 0. The van der Waals surface area contributed by atoms with Gasteiger partial charge in [-0.1, -0.05) is 6.92 Å². The van der Waals surface area contributed by atoms with Crippen LogP contribution in [0.5, 0.6) is 0 Å². The van der Waals surface area contributed by atoms with E-state index in [9.17, 15) is 9.90 Å². The summed E-state index contributed by atoms with van der Waals surface area (Å²) in [4.78, 5) is 10.1. The first-order chi connectivity index (χ1) is 6.00. The Morgan fingerprint density at radius 2 is 1.47 bits per heavy atom. The van der Waals surface area contributed by atoms with Crippen molar-refractivity contribution in [3.05, 3.63) is 0 Å². The minimum absolute atomic E-state index is 0. The molecular formula is C6H11NaO8. The number of carbonyl (C=O) groups is 1. The number of carbonyl (C=O) groups excluding carboxylic acids is 1. The van der Waals surface area contributed by atoms with Gasteiger partial charge in [-0.15, -0.1) is 0 Å². The Balaban J connectivity index is 0. The van der Waals surface area contributed by atoms with Crippen molar-refractivity contribution in [2.45, 2.75) is 30.7 Å². The molecule has 84 valence electrons. The van der Waals surface area contributed by atoms with Crippen LogP contribution in [0.15, 0.2) is 0 Å². The predicted octanol–water partition coefficient (Wildman–Crippen LogP) is -7.81. The zero-order valence-corrected chi connectivity index (χ0v) is 10.2. The molecule has 0 saturated carbocycles. The maximum Gasteiger partial charge on any atom is 1.00 e. The molecule has 15 heavy (non-hydrogen) atoms. The Bertz CT molecular complexity index is 235. The summed E-state index contributed by atoms with van der Waals surface area (Å²) in [5.74, 6) is -14.4. The summed E-state index contributed by atoms with van der Waals surface area (Å²) in [7, 11) is 0. The topological polar surface area (TPSA) is 162 Å². The van der Waals surface area contributed by atoms with Gasteiger partial charge in [-0.05, 0) is 0 Å². The molecular weight excluding hydrogens is 223 g/mol. The van der Waals surface area contributed by atoms with E-state index in [0.717, 1.165) is 6.92 Å². The molecule has 0 aliphatic carbocycles. The minimum Gasteiger partial charge on any atom is -0.544 e. The third-order valence-corrected chi connectivity index (χ3v) is 1.82. The SMILES string of the molecule is CCC(O)(O)C(O)(O)C(O)(O)C(=O)[O-].[Na+]. The van der Waals surface area contributed by atoms with Crippen LogP contribution < -0.4 is 34.7 Å². The molecule has 0 radical (unpaired) electrons. The second-order valence-corrected chi connectivity index (χ2v) is 2.80. The molecule has 0 aromatic rings. The Morgan fingerprint density at radius 3 is 1.67 bits per heavy atom. The van der Waals surface area contributed by atoms with Gasteiger partial charge >= 0.3 is 29.6 Å². The zero-order chi connectivity index (χ0) is 11.8. The van der Waals surface area contributed by atoms with Crippen molar-refractivity contribution in [2.75, 3.05) is 0 Å². The monoisotopic (exact) mass is 234 g/mol.